The van der Waals surface area contributed by atoms with Crippen LogP contribution in [0.3, 0.4) is 0 Å². The molecule has 0 radical (unpaired) electrons. The number of halogens is 1. The van der Waals surface area contributed by atoms with Gasteiger partial charge in [0.05, 0.1) is 10.7 Å². The van der Waals surface area contributed by atoms with Gasteiger partial charge in [-0.3, -0.25) is 14.6 Å². The molecule has 0 aliphatic heterocycles. The molecule has 1 unspecified atom stereocenters. The highest BCUT2D eigenvalue weighted by molar-refractivity contribution is 6.37. The zero-order chi connectivity index (χ0) is 21.5. The van der Waals surface area contributed by atoms with Gasteiger partial charge in [-0.1, -0.05) is 54.8 Å². The maximum Gasteiger partial charge on any atom is 0.236 e. The molecule has 0 fully saturated rings. The molecule has 150 valence electrons. The minimum Gasteiger partial charge on any atom is -0.355 e. The number of benzene rings is 3. The number of hydrogen-bond donors (Lipinski definition) is 1. The highest BCUT2D eigenvalue weighted by Gasteiger charge is 2.28. The van der Waals surface area contributed by atoms with E-state index >= 15 is 0 Å². The average Bonchev–Trinajstić information content (AvgIpc) is 2.78. The van der Waals surface area contributed by atoms with Crippen LogP contribution >= 0.6 is 11.6 Å². The Morgan fingerprint density at radius 1 is 1.13 bits per heavy atom. The van der Waals surface area contributed by atoms with Crippen LogP contribution in [-0.2, 0) is 4.79 Å². The molecule has 0 aliphatic carbocycles. The lowest BCUT2D eigenvalue weighted by Crippen LogP contribution is -2.37. The molecule has 0 aliphatic rings. The summed E-state index contributed by atoms with van der Waals surface area (Å²) in [5, 5.41) is 4.67. The van der Waals surface area contributed by atoms with Crippen molar-refractivity contribution in [3.8, 4) is 12.3 Å². The lowest BCUT2D eigenvalue weighted by atomic mass is 9.93. The third kappa shape index (κ3) is 4.76. The molecule has 1 atom stereocenters. The SMILES string of the molecule is C#Cc1ccc(N=CC(C(=O)NCCC)C(=O)c2c(Cl)ccc3ccccc23)cc1. The molecule has 1 amide bonds. The van der Waals surface area contributed by atoms with E-state index in [0.29, 0.717) is 28.2 Å². The zero-order valence-corrected chi connectivity index (χ0v) is 17.3. The van der Waals surface area contributed by atoms with Gasteiger partial charge < -0.3 is 5.32 Å². The van der Waals surface area contributed by atoms with Gasteiger partial charge in [0.25, 0.3) is 0 Å². The van der Waals surface area contributed by atoms with Crippen LogP contribution in [0.2, 0.25) is 5.02 Å². The molecule has 0 aromatic heterocycles. The fraction of sp³-hybridized carbons (Fsp3) is 0.160. The van der Waals surface area contributed by atoms with E-state index in [1.54, 1.807) is 30.3 Å². The van der Waals surface area contributed by atoms with Gasteiger partial charge in [-0.15, -0.1) is 6.42 Å². The number of nitrogens with zero attached hydrogens (tertiary/aromatic N) is 1. The summed E-state index contributed by atoms with van der Waals surface area (Å²) in [6.07, 6.45) is 7.50. The van der Waals surface area contributed by atoms with Gasteiger partial charge in [0.1, 0.15) is 5.92 Å². The maximum atomic E-state index is 13.4. The third-order valence-corrected chi connectivity index (χ3v) is 4.96. The standard InChI is InChI=1S/C25H21ClN2O2/c1-3-15-27-25(30)21(16-28-19-12-9-17(4-2)10-13-19)24(29)23-20-8-6-5-7-18(20)11-14-22(23)26/h2,5-14,16,21H,3,15H2,1H3,(H,27,30). The van der Waals surface area contributed by atoms with Crippen LogP contribution in [0, 0.1) is 18.3 Å². The van der Waals surface area contributed by atoms with E-state index in [0.717, 1.165) is 17.4 Å². The van der Waals surface area contributed by atoms with Gasteiger partial charge in [-0.25, -0.2) is 0 Å². The number of carbonyl (C=O) groups excluding carboxylic acids is 2. The Labute approximate surface area is 181 Å². The quantitative estimate of drug-likeness (QED) is 0.249. The van der Waals surface area contributed by atoms with Gasteiger partial charge in [0.2, 0.25) is 5.91 Å². The second-order valence-electron chi connectivity index (χ2n) is 6.75. The molecular weight excluding hydrogens is 396 g/mol. The average molecular weight is 417 g/mol. The summed E-state index contributed by atoms with van der Waals surface area (Å²) in [4.78, 5) is 30.6. The maximum absolute atomic E-state index is 13.4. The number of terminal acetylenes is 1. The molecule has 30 heavy (non-hydrogen) atoms. The zero-order valence-electron chi connectivity index (χ0n) is 16.6. The Morgan fingerprint density at radius 2 is 1.87 bits per heavy atom. The topological polar surface area (TPSA) is 58.5 Å². The van der Waals surface area contributed by atoms with E-state index in [1.807, 2.05) is 37.3 Å². The first-order valence-electron chi connectivity index (χ1n) is 9.65. The Bertz CT molecular complexity index is 1140. The smallest absolute Gasteiger partial charge is 0.236 e. The minimum atomic E-state index is -1.10. The number of ketones is 1. The van der Waals surface area contributed by atoms with Crippen LogP contribution in [0.4, 0.5) is 5.69 Å². The van der Waals surface area contributed by atoms with Gasteiger partial charge in [-0.05, 0) is 47.5 Å². The van der Waals surface area contributed by atoms with E-state index in [4.69, 9.17) is 18.0 Å². The first-order valence-corrected chi connectivity index (χ1v) is 10.0. The second kappa shape index (κ2) is 9.87. The number of carbonyl (C=O) groups is 2. The summed E-state index contributed by atoms with van der Waals surface area (Å²) < 4.78 is 0. The predicted octanol–water partition coefficient (Wildman–Crippen LogP) is 5.20. The predicted molar refractivity (Wildman–Crippen MR) is 123 cm³/mol. The number of aliphatic imine (C=N–C) groups is 1. The van der Waals surface area contributed by atoms with Crippen LogP contribution in [0.25, 0.3) is 10.8 Å². The van der Waals surface area contributed by atoms with Crippen molar-refractivity contribution in [3.05, 3.63) is 76.8 Å². The lowest BCUT2D eigenvalue weighted by Gasteiger charge is -2.14. The van der Waals surface area contributed by atoms with Gasteiger partial charge in [-0.2, -0.15) is 0 Å². The van der Waals surface area contributed by atoms with Crippen LogP contribution in [-0.4, -0.2) is 24.4 Å². The van der Waals surface area contributed by atoms with E-state index in [9.17, 15) is 9.59 Å². The lowest BCUT2D eigenvalue weighted by molar-refractivity contribution is -0.121. The number of rotatable bonds is 7. The summed E-state index contributed by atoms with van der Waals surface area (Å²) in [6, 6.07) is 17.9. The fourth-order valence-electron chi connectivity index (χ4n) is 3.07. The molecule has 1 N–H and O–H groups in total. The highest BCUT2D eigenvalue weighted by atomic mass is 35.5. The summed E-state index contributed by atoms with van der Waals surface area (Å²) in [5.74, 6) is 0.633. The number of fused-ring (bicyclic) bond motifs is 1. The van der Waals surface area contributed by atoms with Gasteiger partial charge in [0.15, 0.2) is 5.78 Å². The Morgan fingerprint density at radius 3 is 2.57 bits per heavy atom. The number of Topliss-reactive ketones (excluding diaryl/α,β-unsaturated/α-hetero) is 1. The van der Waals surface area contributed by atoms with E-state index < -0.39 is 17.6 Å². The summed E-state index contributed by atoms with van der Waals surface area (Å²) in [7, 11) is 0. The van der Waals surface area contributed by atoms with E-state index in [2.05, 4.69) is 16.2 Å². The molecule has 0 saturated carbocycles. The molecule has 0 bridgehead atoms. The Kier molecular flexibility index (Phi) is 7.00. The first kappa shape index (κ1) is 21.3. The Hall–Kier alpha value is -3.42. The van der Waals surface area contributed by atoms with Crippen molar-refractivity contribution in [3.63, 3.8) is 0 Å². The molecule has 3 aromatic rings. The largest absolute Gasteiger partial charge is 0.355 e. The van der Waals surface area contributed by atoms with Crippen LogP contribution in [0.15, 0.2) is 65.7 Å². The van der Waals surface area contributed by atoms with Gasteiger partial charge in [0, 0.05) is 23.9 Å². The van der Waals surface area contributed by atoms with Crippen molar-refractivity contribution in [2.24, 2.45) is 10.9 Å². The Balaban J connectivity index is 2.01. The van der Waals surface area contributed by atoms with Gasteiger partial charge >= 0.3 is 0 Å². The first-order chi connectivity index (χ1) is 14.5. The van der Waals surface area contributed by atoms with Crippen LogP contribution in [0.5, 0.6) is 0 Å². The minimum absolute atomic E-state index is 0.304. The highest BCUT2D eigenvalue weighted by Crippen LogP contribution is 2.28. The van der Waals surface area contributed by atoms with Crippen molar-refractivity contribution < 1.29 is 9.59 Å². The fourth-order valence-corrected chi connectivity index (χ4v) is 3.33. The number of nitrogens with one attached hydrogen (secondary N) is 1. The second-order valence-corrected chi connectivity index (χ2v) is 7.15. The summed E-state index contributed by atoms with van der Waals surface area (Å²) in [5.41, 5.74) is 1.64. The van der Waals surface area contributed by atoms with E-state index in [-0.39, 0.29) is 0 Å². The molecule has 5 heteroatoms. The molecule has 3 rings (SSSR count). The van der Waals surface area contributed by atoms with Crippen molar-refractivity contribution >= 4 is 46.0 Å². The summed E-state index contributed by atoms with van der Waals surface area (Å²) >= 11 is 6.39. The molecular formula is C25H21ClN2O2. The number of amides is 1. The molecule has 0 heterocycles. The van der Waals surface area contributed by atoms with Crippen molar-refractivity contribution in [2.75, 3.05) is 6.54 Å². The molecule has 0 spiro atoms. The molecule has 4 nitrogen and oxygen atoms in total. The monoisotopic (exact) mass is 416 g/mol. The number of hydrogen-bond acceptors (Lipinski definition) is 3. The molecule has 0 saturated heterocycles. The van der Waals surface area contributed by atoms with Crippen LogP contribution in [0.1, 0.15) is 29.3 Å². The normalized spacial score (nSPS) is 11.9. The molecule has 3 aromatic carbocycles. The van der Waals surface area contributed by atoms with E-state index in [1.165, 1.54) is 6.21 Å². The van der Waals surface area contributed by atoms with Crippen molar-refractivity contribution in [2.45, 2.75) is 13.3 Å². The van der Waals surface area contributed by atoms with Crippen molar-refractivity contribution in [1.82, 2.24) is 5.32 Å². The van der Waals surface area contributed by atoms with Crippen molar-refractivity contribution in [1.29, 1.82) is 0 Å². The van der Waals surface area contributed by atoms with Crippen LogP contribution < -0.4 is 5.32 Å². The third-order valence-electron chi connectivity index (χ3n) is 4.65. The summed E-state index contributed by atoms with van der Waals surface area (Å²) in [6.45, 7) is 2.41.